The number of fused-ring (bicyclic) bond motifs is 5. The molecule has 1 atom stereocenters. The van der Waals surface area contributed by atoms with Gasteiger partial charge in [0.2, 0.25) is 5.82 Å². The van der Waals surface area contributed by atoms with Crippen molar-refractivity contribution in [2.24, 2.45) is 0 Å². The van der Waals surface area contributed by atoms with Crippen molar-refractivity contribution in [3.63, 3.8) is 0 Å². The molecule has 0 fully saturated rings. The molecule has 0 amide bonds. The van der Waals surface area contributed by atoms with Crippen molar-refractivity contribution in [3.05, 3.63) is 76.1 Å². The van der Waals surface area contributed by atoms with Crippen LogP contribution in [0.2, 0.25) is 0 Å². The Hall–Kier alpha value is -3.75. The Labute approximate surface area is 197 Å². The molecule has 0 saturated carbocycles. The van der Waals surface area contributed by atoms with E-state index >= 15 is 8.78 Å². The van der Waals surface area contributed by atoms with Crippen LogP contribution in [0.1, 0.15) is 43.6 Å². The molecule has 2 aliphatic rings. The number of nitrogens with one attached hydrogen (secondary N) is 1. The maximum Gasteiger partial charge on any atom is 0.200 e. The van der Waals surface area contributed by atoms with E-state index in [1.807, 2.05) is 19.9 Å². The third-order valence-corrected chi connectivity index (χ3v) is 6.26. The minimum absolute atomic E-state index is 0.0466. The molecule has 0 saturated heterocycles. The van der Waals surface area contributed by atoms with Gasteiger partial charge in [0.25, 0.3) is 0 Å². The van der Waals surface area contributed by atoms with Crippen LogP contribution in [0.15, 0.2) is 30.3 Å². The highest BCUT2D eigenvalue weighted by molar-refractivity contribution is 5.92. The Bertz CT molecular complexity index is 1420. The van der Waals surface area contributed by atoms with E-state index in [1.54, 1.807) is 19.1 Å². The van der Waals surface area contributed by atoms with E-state index in [-0.39, 0.29) is 22.8 Å². The van der Waals surface area contributed by atoms with E-state index in [2.05, 4.69) is 5.32 Å². The fraction of sp³-hybridized carbons (Fsp3) is 0.231. The molecule has 9 heteroatoms. The van der Waals surface area contributed by atoms with Crippen LogP contribution >= 0.6 is 0 Å². The second kappa shape index (κ2) is 7.63. The SMILES string of the molecule is COc1c(O)ccc2c1-c1ccc3c(c1C(c1c(F)c(F)c(F)c(F)c1F)O2)C(C)=CC(C)(C)N3. The van der Waals surface area contributed by atoms with Crippen molar-refractivity contribution in [2.75, 3.05) is 12.4 Å². The Morgan fingerprint density at radius 2 is 1.51 bits per heavy atom. The molecule has 2 N–H and O–H groups in total. The number of methoxy groups -OCH3 is 1. The minimum Gasteiger partial charge on any atom is -0.504 e. The number of phenolic OH excluding ortho intramolecular Hbond substituents is 1. The van der Waals surface area contributed by atoms with Crippen LogP contribution in [0.5, 0.6) is 17.2 Å². The molecular weight excluding hydrogens is 469 g/mol. The zero-order valence-electron chi connectivity index (χ0n) is 19.1. The van der Waals surface area contributed by atoms with E-state index in [4.69, 9.17) is 9.47 Å². The Balaban J connectivity index is 1.91. The predicted molar refractivity (Wildman–Crippen MR) is 120 cm³/mol. The highest BCUT2D eigenvalue weighted by Gasteiger charge is 2.41. The average Bonchev–Trinajstić information content (AvgIpc) is 2.80. The van der Waals surface area contributed by atoms with Crippen LogP contribution in [-0.2, 0) is 0 Å². The van der Waals surface area contributed by atoms with Gasteiger partial charge < -0.3 is 19.9 Å². The molecule has 5 rings (SSSR count). The normalized spacial score (nSPS) is 17.4. The summed E-state index contributed by atoms with van der Waals surface area (Å²) < 4.78 is 83.6. The fourth-order valence-corrected chi connectivity index (χ4v) is 4.99. The summed E-state index contributed by atoms with van der Waals surface area (Å²) in [7, 11) is 1.33. The Morgan fingerprint density at radius 3 is 2.14 bits per heavy atom. The first-order chi connectivity index (χ1) is 16.5. The molecule has 0 radical (unpaired) electrons. The standard InChI is InChI=1S/C26H20F5NO3/c1-10-9-26(2,3)32-12-6-5-11-16-14(8-7-13(33)24(16)34-4)35-25(17(11)15(10)12)18-19(27)21(29)23(31)22(30)20(18)28/h5-9,25,32-33H,1-4H3. The minimum atomic E-state index is -2.25. The van der Waals surface area contributed by atoms with Crippen LogP contribution in [0.25, 0.3) is 16.7 Å². The van der Waals surface area contributed by atoms with Crippen molar-refractivity contribution in [1.29, 1.82) is 0 Å². The summed E-state index contributed by atoms with van der Waals surface area (Å²) in [6.07, 6.45) is 0.207. The summed E-state index contributed by atoms with van der Waals surface area (Å²) in [5, 5.41) is 13.7. The van der Waals surface area contributed by atoms with E-state index in [0.717, 1.165) is 0 Å². The molecule has 35 heavy (non-hydrogen) atoms. The van der Waals surface area contributed by atoms with Gasteiger partial charge in [-0.15, -0.1) is 0 Å². The number of ether oxygens (including phenoxy) is 2. The predicted octanol–water partition coefficient (Wildman–Crippen LogP) is 6.85. The molecular formula is C26H20F5NO3. The molecule has 0 aromatic heterocycles. The summed E-state index contributed by atoms with van der Waals surface area (Å²) >= 11 is 0. The quantitative estimate of drug-likeness (QED) is 0.235. The molecule has 0 bridgehead atoms. The maximum atomic E-state index is 15.0. The van der Waals surface area contributed by atoms with Gasteiger partial charge in [-0.25, -0.2) is 22.0 Å². The summed E-state index contributed by atoms with van der Waals surface area (Å²) in [5.41, 5.74) is 1.06. The summed E-state index contributed by atoms with van der Waals surface area (Å²) in [6, 6.07) is 5.99. The van der Waals surface area contributed by atoms with Crippen LogP contribution < -0.4 is 14.8 Å². The van der Waals surface area contributed by atoms with Crippen LogP contribution in [-0.4, -0.2) is 17.8 Å². The first-order valence-corrected chi connectivity index (χ1v) is 10.7. The highest BCUT2D eigenvalue weighted by Crippen LogP contribution is 2.55. The maximum absolute atomic E-state index is 15.0. The van der Waals surface area contributed by atoms with Gasteiger partial charge in [0.1, 0.15) is 5.75 Å². The number of benzene rings is 3. The molecule has 2 heterocycles. The molecule has 182 valence electrons. The summed E-state index contributed by atoms with van der Waals surface area (Å²) in [4.78, 5) is 0. The van der Waals surface area contributed by atoms with E-state index in [9.17, 15) is 18.3 Å². The number of phenols is 1. The second-order valence-corrected chi connectivity index (χ2v) is 9.10. The lowest BCUT2D eigenvalue weighted by atomic mass is 9.80. The molecule has 3 aromatic carbocycles. The number of aromatic hydroxyl groups is 1. The Kier molecular flexibility index (Phi) is 5.02. The molecule has 3 aromatic rings. The molecule has 4 nitrogen and oxygen atoms in total. The lowest BCUT2D eigenvalue weighted by Crippen LogP contribution is -2.33. The van der Waals surface area contributed by atoms with Crippen molar-refractivity contribution < 1.29 is 36.5 Å². The van der Waals surface area contributed by atoms with E-state index < -0.39 is 46.3 Å². The monoisotopic (exact) mass is 489 g/mol. The van der Waals surface area contributed by atoms with Gasteiger partial charge in [0, 0.05) is 16.8 Å². The van der Waals surface area contributed by atoms with Crippen LogP contribution in [0, 0.1) is 29.1 Å². The van der Waals surface area contributed by atoms with Crippen molar-refractivity contribution in [1.82, 2.24) is 0 Å². The van der Waals surface area contributed by atoms with E-state index in [0.29, 0.717) is 28.0 Å². The van der Waals surface area contributed by atoms with Gasteiger partial charge in [0.15, 0.2) is 40.9 Å². The zero-order chi connectivity index (χ0) is 25.4. The zero-order valence-corrected chi connectivity index (χ0v) is 19.1. The topological polar surface area (TPSA) is 50.7 Å². The first-order valence-electron chi connectivity index (χ1n) is 10.7. The number of hydrogen-bond acceptors (Lipinski definition) is 4. The van der Waals surface area contributed by atoms with Crippen molar-refractivity contribution >= 4 is 11.3 Å². The van der Waals surface area contributed by atoms with Gasteiger partial charge in [-0.3, -0.25) is 0 Å². The molecule has 2 aliphatic heterocycles. The third kappa shape index (κ3) is 3.25. The van der Waals surface area contributed by atoms with Gasteiger partial charge in [-0.2, -0.15) is 0 Å². The molecule has 0 spiro atoms. The van der Waals surface area contributed by atoms with Crippen LogP contribution in [0.4, 0.5) is 27.6 Å². The largest absolute Gasteiger partial charge is 0.504 e. The summed E-state index contributed by atoms with van der Waals surface area (Å²) in [6.45, 7) is 5.63. The second-order valence-electron chi connectivity index (χ2n) is 9.10. The Morgan fingerprint density at radius 1 is 0.886 bits per heavy atom. The van der Waals surface area contributed by atoms with Gasteiger partial charge >= 0.3 is 0 Å². The van der Waals surface area contributed by atoms with Gasteiger partial charge in [0.05, 0.1) is 23.8 Å². The lowest BCUT2D eigenvalue weighted by molar-refractivity contribution is 0.222. The number of allylic oxidation sites excluding steroid dienone is 1. The molecule has 1 unspecified atom stereocenters. The lowest BCUT2D eigenvalue weighted by Gasteiger charge is -2.37. The van der Waals surface area contributed by atoms with E-state index in [1.165, 1.54) is 19.2 Å². The fourth-order valence-electron chi connectivity index (χ4n) is 4.99. The van der Waals surface area contributed by atoms with Gasteiger partial charge in [-0.1, -0.05) is 12.1 Å². The first kappa shape index (κ1) is 23.0. The van der Waals surface area contributed by atoms with Crippen molar-refractivity contribution in [3.8, 4) is 28.4 Å². The number of halogens is 5. The number of rotatable bonds is 2. The smallest absolute Gasteiger partial charge is 0.200 e. The number of hydrogen-bond donors (Lipinski definition) is 2. The molecule has 0 aliphatic carbocycles. The number of anilines is 1. The average molecular weight is 489 g/mol. The summed E-state index contributed by atoms with van der Waals surface area (Å²) in [5.74, 6) is -10.4. The van der Waals surface area contributed by atoms with Gasteiger partial charge in [-0.05, 0) is 50.1 Å². The highest BCUT2D eigenvalue weighted by atomic mass is 19.2. The van der Waals surface area contributed by atoms with Crippen LogP contribution in [0.3, 0.4) is 0 Å². The van der Waals surface area contributed by atoms with Crippen molar-refractivity contribution in [2.45, 2.75) is 32.4 Å². The third-order valence-electron chi connectivity index (χ3n) is 6.26.